The molecule has 1 N–H and O–H groups in total. The Hall–Kier alpha value is -2.94. The second-order valence-corrected chi connectivity index (χ2v) is 9.70. The molecule has 1 aliphatic rings. The molecule has 1 amide bonds. The van der Waals surface area contributed by atoms with Crippen molar-refractivity contribution in [2.24, 2.45) is 0 Å². The van der Waals surface area contributed by atoms with E-state index >= 15 is 0 Å². The second-order valence-electron chi connectivity index (χ2n) is 7.33. The van der Waals surface area contributed by atoms with Gasteiger partial charge in [-0.25, -0.2) is 12.8 Å². The normalized spacial score (nSPS) is 14.9. The van der Waals surface area contributed by atoms with Crippen LogP contribution in [0.15, 0.2) is 77.7 Å². The van der Waals surface area contributed by atoms with Gasteiger partial charge in [0.25, 0.3) is 5.91 Å². The lowest BCUT2D eigenvalue weighted by atomic mass is 10.2. The van der Waals surface area contributed by atoms with Crippen molar-refractivity contribution < 1.29 is 17.6 Å². The zero-order chi connectivity index (χ0) is 22.7. The van der Waals surface area contributed by atoms with Crippen molar-refractivity contribution in [1.82, 2.24) is 4.31 Å². The van der Waals surface area contributed by atoms with Crippen LogP contribution in [0, 0.1) is 5.82 Å². The van der Waals surface area contributed by atoms with Crippen molar-refractivity contribution in [2.45, 2.75) is 4.90 Å². The Morgan fingerprint density at radius 2 is 1.56 bits per heavy atom. The maximum Gasteiger partial charge on any atom is 0.255 e. The lowest BCUT2D eigenvalue weighted by Crippen LogP contribution is -2.48. The monoisotopic (exact) mass is 473 g/mol. The molecule has 9 heteroatoms. The molecule has 0 spiro atoms. The highest BCUT2D eigenvalue weighted by Gasteiger charge is 2.29. The molecule has 32 heavy (non-hydrogen) atoms. The first kappa shape index (κ1) is 22.3. The summed E-state index contributed by atoms with van der Waals surface area (Å²) < 4.78 is 42.0. The van der Waals surface area contributed by atoms with Crippen molar-refractivity contribution in [3.8, 4) is 0 Å². The minimum Gasteiger partial charge on any atom is -0.369 e. The Labute approximate surface area is 191 Å². The van der Waals surface area contributed by atoms with Crippen LogP contribution in [-0.2, 0) is 10.0 Å². The third-order valence-electron chi connectivity index (χ3n) is 5.29. The molecule has 0 atom stereocenters. The average molecular weight is 474 g/mol. The van der Waals surface area contributed by atoms with Crippen LogP contribution >= 0.6 is 11.6 Å². The number of hydrogen-bond donors (Lipinski definition) is 1. The van der Waals surface area contributed by atoms with E-state index in [1.807, 2.05) is 30.3 Å². The Bertz CT molecular complexity index is 1210. The van der Waals surface area contributed by atoms with Crippen LogP contribution in [0.4, 0.5) is 15.8 Å². The van der Waals surface area contributed by atoms with Crippen LogP contribution in [0.3, 0.4) is 0 Å². The van der Waals surface area contributed by atoms with Gasteiger partial charge in [0.15, 0.2) is 0 Å². The number of rotatable bonds is 5. The number of halogens is 2. The third-order valence-corrected chi connectivity index (χ3v) is 7.44. The summed E-state index contributed by atoms with van der Waals surface area (Å²) in [5, 5.41) is 2.93. The smallest absolute Gasteiger partial charge is 0.255 e. The molecule has 1 fully saturated rings. The van der Waals surface area contributed by atoms with E-state index in [2.05, 4.69) is 10.2 Å². The molecule has 6 nitrogen and oxygen atoms in total. The molecule has 0 unspecified atom stereocenters. The van der Waals surface area contributed by atoms with Gasteiger partial charge in [-0.15, -0.1) is 0 Å². The number of hydrogen-bond acceptors (Lipinski definition) is 4. The second kappa shape index (κ2) is 9.28. The summed E-state index contributed by atoms with van der Waals surface area (Å²) in [7, 11) is -3.85. The first-order chi connectivity index (χ1) is 15.3. The Morgan fingerprint density at radius 1 is 0.906 bits per heavy atom. The summed E-state index contributed by atoms with van der Waals surface area (Å²) in [6.45, 7) is 1.68. The van der Waals surface area contributed by atoms with Crippen LogP contribution in [0.1, 0.15) is 10.4 Å². The lowest BCUT2D eigenvalue weighted by molar-refractivity contribution is 0.102. The summed E-state index contributed by atoms with van der Waals surface area (Å²) in [5.74, 6) is -1.34. The van der Waals surface area contributed by atoms with Gasteiger partial charge < -0.3 is 10.2 Å². The molecular formula is C23H21ClFN3O3S. The predicted octanol–water partition coefficient (Wildman–Crippen LogP) is 4.24. The summed E-state index contributed by atoms with van der Waals surface area (Å²) in [4.78, 5) is 14.3. The Morgan fingerprint density at radius 3 is 2.19 bits per heavy atom. The molecule has 166 valence electrons. The van der Waals surface area contributed by atoms with Crippen molar-refractivity contribution >= 4 is 38.9 Å². The molecule has 0 aliphatic carbocycles. The summed E-state index contributed by atoms with van der Waals surface area (Å²) in [6.07, 6.45) is 0. The molecular weight excluding hydrogens is 453 g/mol. The minimum absolute atomic E-state index is 0.0993. The number of anilines is 2. The molecule has 0 radical (unpaired) electrons. The van der Waals surface area contributed by atoms with Gasteiger partial charge in [-0.05, 0) is 54.6 Å². The number of sulfonamides is 1. The Balaban J connectivity index is 1.45. The highest BCUT2D eigenvalue weighted by atomic mass is 35.5. The number of nitrogens with one attached hydrogen (secondary N) is 1. The van der Waals surface area contributed by atoms with Gasteiger partial charge in [0, 0.05) is 42.5 Å². The molecule has 0 saturated carbocycles. The number of benzene rings is 3. The van der Waals surface area contributed by atoms with E-state index in [0.29, 0.717) is 36.8 Å². The predicted molar refractivity (Wildman–Crippen MR) is 123 cm³/mol. The molecule has 1 aliphatic heterocycles. The summed E-state index contributed by atoms with van der Waals surface area (Å²) in [5.41, 5.74) is 1.25. The molecule has 0 bridgehead atoms. The van der Waals surface area contributed by atoms with E-state index in [1.165, 1.54) is 28.6 Å². The quantitative estimate of drug-likeness (QED) is 0.601. The molecule has 1 saturated heterocycles. The largest absolute Gasteiger partial charge is 0.369 e. The minimum atomic E-state index is -3.85. The topological polar surface area (TPSA) is 69.7 Å². The third kappa shape index (κ3) is 4.77. The maximum atomic E-state index is 14.6. The standard InChI is InChI=1S/C23H21ClFN3O3S/c24-18-8-6-17(7-9-18)23(29)26-22-11-10-20(16-21(22)25)32(30,31)28-14-12-27(13-15-28)19-4-2-1-3-5-19/h1-11,16H,12-15H2,(H,26,29). The van der Waals surface area contributed by atoms with Gasteiger partial charge in [-0.3, -0.25) is 4.79 Å². The van der Waals surface area contributed by atoms with Crippen LogP contribution in [0.2, 0.25) is 5.02 Å². The Kier molecular flexibility index (Phi) is 6.45. The van der Waals surface area contributed by atoms with Gasteiger partial charge in [0.1, 0.15) is 5.82 Å². The van der Waals surface area contributed by atoms with Crippen molar-refractivity contribution in [2.75, 3.05) is 36.4 Å². The van der Waals surface area contributed by atoms with E-state index in [-0.39, 0.29) is 10.6 Å². The van der Waals surface area contributed by atoms with Crippen LogP contribution in [0.5, 0.6) is 0 Å². The maximum absolute atomic E-state index is 14.6. The van der Waals surface area contributed by atoms with Crippen molar-refractivity contribution in [1.29, 1.82) is 0 Å². The fraction of sp³-hybridized carbons (Fsp3) is 0.174. The molecule has 3 aromatic rings. The number of carbonyl (C=O) groups is 1. The first-order valence-electron chi connectivity index (χ1n) is 10.0. The molecule has 1 heterocycles. The zero-order valence-electron chi connectivity index (χ0n) is 17.0. The number of nitrogens with zero attached hydrogens (tertiary/aromatic N) is 2. The lowest BCUT2D eigenvalue weighted by Gasteiger charge is -2.35. The average Bonchev–Trinajstić information content (AvgIpc) is 2.81. The van der Waals surface area contributed by atoms with Crippen molar-refractivity contribution in [3.63, 3.8) is 0 Å². The number of para-hydroxylation sites is 1. The fourth-order valence-electron chi connectivity index (χ4n) is 3.53. The molecule has 4 rings (SSSR count). The summed E-state index contributed by atoms with van der Waals surface area (Å²) in [6, 6.07) is 19.4. The van der Waals surface area contributed by atoms with E-state index in [4.69, 9.17) is 11.6 Å². The van der Waals surface area contributed by atoms with Gasteiger partial charge in [0.2, 0.25) is 10.0 Å². The first-order valence-corrected chi connectivity index (χ1v) is 11.8. The van der Waals surface area contributed by atoms with Crippen LogP contribution in [-0.4, -0.2) is 44.8 Å². The van der Waals surface area contributed by atoms with E-state index in [0.717, 1.165) is 11.8 Å². The van der Waals surface area contributed by atoms with E-state index in [9.17, 15) is 17.6 Å². The number of carbonyl (C=O) groups excluding carboxylic acids is 1. The highest BCUT2D eigenvalue weighted by molar-refractivity contribution is 7.89. The molecule has 0 aromatic heterocycles. The van der Waals surface area contributed by atoms with Gasteiger partial charge in [0.05, 0.1) is 10.6 Å². The fourth-order valence-corrected chi connectivity index (χ4v) is 5.09. The number of amides is 1. The van der Waals surface area contributed by atoms with E-state index < -0.39 is 21.7 Å². The van der Waals surface area contributed by atoms with Crippen LogP contribution < -0.4 is 10.2 Å². The zero-order valence-corrected chi connectivity index (χ0v) is 18.6. The van der Waals surface area contributed by atoms with Gasteiger partial charge >= 0.3 is 0 Å². The SMILES string of the molecule is O=C(Nc1ccc(S(=O)(=O)N2CCN(c3ccccc3)CC2)cc1F)c1ccc(Cl)cc1. The molecule has 3 aromatic carbocycles. The highest BCUT2D eigenvalue weighted by Crippen LogP contribution is 2.24. The summed E-state index contributed by atoms with van der Waals surface area (Å²) >= 11 is 5.81. The number of piperazine rings is 1. The van der Waals surface area contributed by atoms with Gasteiger partial charge in [-0.2, -0.15) is 4.31 Å². The van der Waals surface area contributed by atoms with Crippen LogP contribution in [0.25, 0.3) is 0 Å². The van der Waals surface area contributed by atoms with Crippen molar-refractivity contribution in [3.05, 3.63) is 89.2 Å². The van der Waals surface area contributed by atoms with E-state index in [1.54, 1.807) is 12.1 Å². The van der Waals surface area contributed by atoms with Gasteiger partial charge in [-0.1, -0.05) is 29.8 Å².